The number of anilines is 2. The molecule has 2 N–H and O–H groups in total. The first-order valence-corrected chi connectivity index (χ1v) is 7.02. The first-order chi connectivity index (χ1) is 9.96. The fourth-order valence-electron chi connectivity index (χ4n) is 1.82. The third-order valence-electron chi connectivity index (χ3n) is 2.65. The normalized spacial score (nSPS) is 10.7. The van der Waals surface area contributed by atoms with Gasteiger partial charge in [-0.25, -0.2) is 0 Å². The molecule has 0 aromatic carbocycles. The molecule has 0 unspecified atom stereocenters. The number of nitrogens with zero attached hydrogens (tertiary/aromatic N) is 5. The van der Waals surface area contributed by atoms with Gasteiger partial charge >= 0.3 is 5.97 Å². The highest BCUT2D eigenvalue weighted by atomic mass is 16.5. The molecule has 1 aromatic heterocycles. The van der Waals surface area contributed by atoms with Crippen molar-refractivity contribution in [3.05, 3.63) is 5.82 Å². The molecule has 0 atom stereocenters. The largest absolute Gasteiger partial charge is 0.465 e. The molecule has 0 aliphatic rings. The highest BCUT2D eigenvalue weighted by Gasteiger charge is 2.14. The molecule has 0 aliphatic heterocycles. The van der Waals surface area contributed by atoms with E-state index in [1.165, 1.54) is 0 Å². The Balaban J connectivity index is 2.80. The molecule has 0 aliphatic carbocycles. The van der Waals surface area contributed by atoms with Crippen LogP contribution in [0, 0.1) is 0 Å². The summed E-state index contributed by atoms with van der Waals surface area (Å²) in [4.78, 5) is 27.8. The zero-order valence-electron chi connectivity index (χ0n) is 13.2. The van der Waals surface area contributed by atoms with E-state index >= 15 is 0 Å². The maximum Gasteiger partial charge on any atom is 0.320 e. The second kappa shape index (κ2) is 8.35. The molecule has 1 rings (SSSR count). The monoisotopic (exact) mass is 296 g/mol. The first-order valence-electron chi connectivity index (χ1n) is 7.02. The first kappa shape index (κ1) is 17.1. The van der Waals surface area contributed by atoms with Gasteiger partial charge in [-0.05, 0) is 19.9 Å². The van der Waals surface area contributed by atoms with Crippen LogP contribution in [0.5, 0.6) is 0 Å². The Morgan fingerprint density at radius 3 is 2.52 bits per heavy atom. The minimum atomic E-state index is -0.249. The second-order valence-corrected chi connectivity index (χ2v) is 4.82. The van der Waals surface area contributed by atoms with Crippen LogP contribution in [0.2, 0.25) is 0 Å². The summed E-state index contributed by atoms with van der Waals surface area (Å²) >= 11 is 0. The Bertz CT molecular complexity index is 466. The van der Waals surface area contributed by atoms with E-state index < -0.39 is 0 Å². The lowest BCUT2D eigenvalue weighted by atomic mass is 10.3. The van der Waals surface area contributed by atoms with Gasteiger partial charge in [-0.3, -0.25) is 9.69 Å². The van der Waals surface area contributed by atoms with E-state index in [2.05, 4.69) is 15.0 Å². The molecular formula is C13H24N6O2. The van der Waals surface area contributed by atoms with Crippen LogP contribution in [0.1, 0.15) is 26.1 Å². The van der Waals surface area contributed by atoms with Crippen molar-refractivity contribution in [1.82, 2.24) is 19.9 Å². The van der Waals surface area contributed by atoms with Crippen LogP contribution in [0.4, 0.5) is 11.9 Å². The van der Waals surface area contributed by atoms with Crippen molar-refractivity contribution < 1.29 is 9.53 Å². The molecule has 0 saturated carbocycles. The topological polar surface area (TPSA) is 97.5 Å². The summed E-state index contributed by atoms with van der Waals surface area (Å²) < 4.78 is 4.98. The minimum absolute atomic E-state index is 0.177. The number of nitrogen functional groups attached to an aromatic ring is 1. The van der Waals surface area contributed by atoms with Gasteiger partial charge in [0.05, 0.1) is 19.7 Å². The zero-order valence-corrected chi connectivity index (χ0v) is 13.2. The standard InChI is InChI=1S/C13H24N6O2/c1-5-7-19(9-11(20)21-6-2)8-10-15-12(14)17-13(16-10)18(3)4/h5-9H2,1-4H3,(H2,14,15,16,17). The van der Waals surface area contributed by atoms with Crippen molar-refractivity contribution >= 4 is 17.9 Å². The molecule has 0 amide bonds. The highest BCUT2D eigenvalue weighted by molar-refractivity contribution is 5.71. The Hall–Kier alpha value is -1.96. The number of hydrogen-bond acceptors (Lipinski definition) is 8. The van der Waals surface area contributed by atoms with Gasteiger partial charge in [0.1, 0.15) is 5.82 Å². The fourth-order valence-corrected chi connectivity index (χ4v) is 1.82. The predicted octanol–water partition coefficient (Wildman–Crippen LogP) is 0.295. The van der Waals surface area contributed by atoms with Gasteiger partial charge in [-0.2, -0.15) is 15.0 Å². The fraction of sp³-hybridized carbons (Fsp3) is 0.692. The van der Waals surface area contributed by atoms with Crippen molar-refractivity contribution in [3.63, 3.8) is 0 Å². The average Bonchev–Trinajstić information content (AvgIpc) is 2.38. The van der Waals surface area contributed by atoms with Crippen molar-refractivity contribution in [2.45, 2.75) is 26.8 Å². The molecular weight excluding hydrogens is 272 g/mol. The molecule has 1 heterocycles. The quantitative estimate of drug-likeness (QED) is 0.684. The van der Waals surface area contributed by atoms with E-state index in [1.807, 2.05) is 25.9 Å². The van der Waals surface area contributed by atoms with Crippen LogP contribution < -0.4 is 10.6 Å². The summed E-state index contributed by atoms with van der Waals surface area (Å²) in [6.45, 7) is 5.61. The minimum Gasteiger partial charge on any atom is -0.465 e. The second-order valence-electron chi connectivity index (χ2n) is 4.82. The number of nitrogens with two attached hydrogens (primary N) is 1. The van der Waals surface area contributed by atoms with E-state index in [9.17, 15) is 4.79 Å². The molecule has 0 bridgehead atoms. The third-order valence-corrected chi connectivity index (χ3v) is 2.65. The van der Waals surface area contributed by atoms with Gasteiger partial charge in [0.15, 0.2) is 0 Å². The maximum atomic E-state index is 11.6. The molecule has 0 fully saturated rings. The zero-order chi connectivity index (χ0) is 15.8. The van der Waals surface area contributed by atoms with Gasteiger partial charge in [0, 0.05) is 14.1 Å². The van der Waals surface area contributed by atoms with Gasteiger partial charge in [-0.1, -0.05) is 6.92 Å². The van der Waals surface area contributed by atoms with Gasteiger partial charge in [-0.15, -0.1) is 0 Å². The van der Waals surface area contributed by atoms with Crippen LogP contribution >= 0.6 is 0 Å². The van der Waals surface area contributed by atoms with Crippen molar-refractivity contribution in [3.8, 4) is 0 Å². The number of esters is 1. The van der Waals surface area contributed by atoms with Crippen molar-refractivity contribution in [1.29, 1.82) is 0 Å². The van der Waals surface area contributed by atoms with Gasteiger partial charge < -0.3 is 15.4 Å². The van der Waals surface area contributed by atoms with Crippen LogP contribution in [0.3, 0.4) is 0 Å². The summed E-state index contributed by atoms with van der Waals surface area (Å²) in [7, 11) is 3.67. The van der Waals surface area contributed by atoms with E-state index in [0.29, 0.717) is 24.9 Å². The van der Waals surface area contributed by atoms with Crippen LogP contribution in [-0.4, -0.2) is 59.6 Å². The lowest BCUT2D eigenvalue weighted by molar-refractivity contribution is -0.144. The Morgan fingerprint density at radius 1 is 1.24 bits per heavy atom. The van der Waals surface area contributed by atoms with Crippen LogP contribution in [0.25, 0.3) is 0 Å². The Morgan fingerprint density at radius 2 is 1.95 bits per heavy atom. The number of carbonyl (C=O) groups excluding carboxylic acids is 1. The molecule has 8 nitrogen and oxygen atoms in total. The van der Waals surface area contributed by atoms with E-state index in [0.717, 1.165) is 13.0 Å². The van der Waals surface area contributed by atoms with E-state index in [1.54, 1.807) is 11.8 Å². The lowest BCUT2D eigenvalue weighted by Gasteiger charge is -2.20. The van der Waals surface area contributed by atoms with E-state index in [-0.39, 0.29) is 18.5 Å². The predicted molar refractivity (Wildman–Crippen MR) is 80.8 cm³/mol. The molecule has 8 heteroatoms. The summed E-state index contributed by atoms with van der Waals surface area (Å²) in [5.41, 5.74) is 5.70. The summed E-state index contributed by atoms with van der Waals surface area (Å²) in [6, 6.07) is 0. The summed E-state index contributed by atoms with van der Waals surface area (Å²) in [6.07, 6.45) is 0.917. The van der Waals surface area contributed by atoms with Crippen molar-refractivity contribution in [2.75, 3.05) is 44.4 Å². The molecule has 0 spiro atoms. The average molecular weight is 296 g/mol. The maximum absolute atomic E-state index is 11.6. The van der Waals surface area contributed by atoms with Gasteiger partial charge in [0.2, 0.25) is 11.9 Å². The Labute approximate surface area is 125 Å². The molecule has 1 aromatic rings. The molecule has 0 radical (unpaired) electrons. The Kier molecular flexibility index (Phi) is 6.80. The third kappa shape index (κ3) is 5.90. The van der Waals surface area contributed by atoms with Gasteiger partial charge in [0.25, 0.3) is 0 Å². The SMILES string of the molecule is CCCN(CC(=O)OCC)Cc1nc(N)nc(N(C)C)n1. The van der Waals surface area contributed by atoms with Crippen LogP contribution in [0.15, 0.2) is 0 Å². The molecule has 0 saturated heterocycles. The number of hydrogen-bond donors (Lipinski definition) is 1. The molecule has 21 heavy (non-hydrogen) atoms. The number of rotatable bonds is 8. The highest BCUT2D eigenvalue weighted by Crippen LogP contribution is 2.08. The van der Waals surface area contributed by atoms with Crippen molar-refractivity contribution in [2.24, 2.45) is 0 Å². The smallest absolute Gasteiger partial charge is 0.320 e. The van der Waals surface area contributed by atoms with E-state index in [4.69, 9.17) is 10.5 Å². The lowest BCUT2D eigenvalue weighted by Crippen LogP contribution is -2.32. The summed E-state index contributed by atoms with van der Waals surface area (Å²) in [5, 5.41) is 0. The molecule has 118 valence electrons. The summed E-state index contributed by atoms with van der Waals surface area (Å²) in [5.74, 6) is 0.978. The number of carbonyl (C=O) groups is 1. The number of ether oxygens (including phenoxy) is 1. The number of aromatic nitrogens is 3. The van der Waals surface area contributed by atoms with Crippen LogP contribution in [-0.2, 0) is 16.1 Å².